The molecule has 0 saturated carbocycles. The fourth-order valence-corrected chi connectivity index (χ4v) is 2.62. The van der Waals surface area contributed by atoms with Gasteiger partial charge in [-0.15, -0.1) is 5.10 Å². The summed E-state index contributed by atoms with van der Waals surface area (Å²) in [5.41, 5.74) is -0.600. The molecule has 0 unspecified atom stereocenters. The summed E-state index contributed by atoms with van der Waals surface area (Å²) in [5, 5.41) is 10.3. The second kappa shape index (κ2) is 3.79. The zero-order chi connectivity index (χ0) is 14.7. The van der Waals surface area contributed by atoms with Gasteiger partial charge in [-0.3, -0.25) is 19.8 Å². The lowest BCUT2D eigenvalue weighted by Crippen LogP contribution is -2.21. The van der Waals surface area contributed by atoms with Crippen LogP contribution in [0.3, 0.4) is 0 Å². The predicted octanol–water partition coefficient (Wildman–Crippen LogP) is -0.166. The van der Waals surface area contributed by atoms with Crippen molar-refractivity contribution in [1.82, 2.24) is 24.5 Å². The van der Waals surface area contributed by atoms with Crippen LogP contribution in [0.4, 0.5) is 0 Å². The highest BCUT2D eigenvalue weighted by Crippen LogP contribution is 2.05. The lowest BCUT2D eigenvalue weighted by atomic mass is 10.1. The number of fused-ring (bicyclic) bond motifs is 3. The van der Waals surface area contributed by atoms with Crippen LogP contribution in [-0.2, 0) is 0 Å². The second-order valence-electron chi connectivity index (χ2n) is 4.57. The molecule has 0 atom stereocenters. The van der Waals surface area contributed by atoms with Crippen LogP contribution in [0.15, 0.2) is 33.9 Å². The van der Waals surface area contributed by atoms with Crippen molar-refractivity contribution in [3.05, 3.63) is 60.2 Å². The average Bonchev–Trinajstić information content (AvgIpc) is 2.79. The fourth-order valence-electron chi connectivity index (χ4n) is 2.44. The molecule has 0 radical (unpaired) electrons. The van der Waals surface area contributed by atoms with E-state index in [2.05, 4.69) is 15.3 Å². The highest BCUT2D eigenvalue weighted by Gasteiger charge is 2.13. The van der Waals surface area contributed by atoms with E-state index in [1.54, 1.807) is 24.3 Å². The first-order valence-electron chi connectivity index (χ1n) is 6.01. The van der Waals surface area contributed by atoms with Crippen LogP contribution < -0.4 is 16.7 Å². The van der Waals surface area contributed by atoms with Gasteiger partial charge in [0.05, 0.1) is 0 Å². The van der Waals surface area contributed by atoms with Gasteiger partial charge in [-0.1, -0.05) is 24.3 Å². The minimum absolute atomic E-state index is 0.105. The van der Waals surface area contributed by atoms with Crippen molar-refractivity contribution in [3.8, 4) is 0 Å². The maximum Gasteiger partial charge on any atom is 0.268 e. The molecular weight excluding hydrogens is 292 g/mol. The lowest BCUT2D eigenvalue weighted by Gasteiger charge is -2.00. The molecule has 104 valence electrons. The van der Waals surface area contributed by atoms with E-state index >= 15 is 0 Å². The minimum atomic E-state index is -0.300. The Morgan fingerprint density at radius 1 is 1.14 bits per heavy atom. The van der Waals surface area contributed by atoms with Gasteiger partial charge in [0.15, 0.2) is 0 Å². The first-order valence-corrected chi connectivity index (χ1v) is 6.42. The zero-order valence-electron chi connectivity index (χ0n) is 10.5. The number of aromatic nitrogens is 5. The monoisotopic (exact) mass is 300 g/mol. The van der Waals surface area contributed by atoms with Crippen LogP contribution in [0.1, 0.15) is 0 Å². The van der Waals surface area contributed by atoms with Gasteiger partial charge in [0.2, 0.25) is 15.6 Å². The summed E-state index contributed by atoms with van der Waals surface area (Å²) in [5.74, 6) is 5.94. The van der Waals surface area contributed by atoms with Gasteiger partial charge in [-0.25, -0.2) is 4.52 Å². The SMILES string of the molecule is Nn1c(=S)[nH]n2c3c(=O)c4ccccc4c(=O)c=3[nH]nc12. The largest absolute Gasteiger partial charge is 0.334 e. The first kappa shape index (κ1) is 11.9. The number of rotatable bonds is 0. The Bertz CT molecular complexity index is 1260. The van der Waals surface area contributed by atoms with Crippen LogP contribution in [0, 0.1) is 15.5 Å². The highest BCUT2D eigenvalue weighted by molar-refractivity contribution is 7.71. The summed E-state index contributed by atoms with van der Waals surface area (Å²) in [6, 6.07) is 6.63. The maximum absolute atomic E-state index is 12.7. The smallest absolute Gasteiger partial charge is 0.268 e. The molecule has 0 amide bonds. The summed E-state index contributed by atoms with van der Waals surface area (Å²) in [6.07, 6.45) is 0. The summed E-state index contributed by atoms with van der Waals surface area (Å²) < 4.78 is 2.62. The van der Waals surface area contributed by atoms with Crippen molar-refractivity contribution in [2.75, 3.05) is 5.84 Å². The molecule has 9 heteroatoms. The average molecular weight is 300 g/mol. The Morgan fingerprint density at radius 3 is 2.52 bits per heavy atom. The van der Waals surface area contributed by atoms with E-state index in [9.17, 15) is 9.59 Å². The fraction of sp³-hybridized carbons (Fsp3) is 0. The number of nitrogens with zero attached hydrogens (tertiary/aromatic N) is 3. The molecule has 21 heavy (non-hydrogen) atoms. The van der Waals surface area contributed by atoms with Gasteiger partial charge >= 0.3 is 0 Å². The Labute approximate surface area is 120 Å². The number of benzene rings is 1. The lowest BCUT2D eigenvalue weighted by molar-refractivity contribution is 0.827. The maximum atomic E-state index is 12.7. The van der Waals surface area contributed by atoms with Crippen molar-refractivity contribution < 1.29 is 0 Å². The number of nitrogens with two attached hydrogens (primary N) is 1. The van der Waals surface area contributed by atoms with E-state index in [4.69, 9.17) is 18.1 Å². The predicted molar refractivity (Wildman–Crippen MR) is 78.2 cm³/mol. The topological polar surface area (TPSA) is 114 Å². The molecule has 8 nitrogen and oxygen atoms in total. The Kier molecular flexibility index (Phi) is 2.14. The van der Waals surface area contributed by atoms with Crippen LogP contribution in [-0.4, -0.2) is 24.5 Å². The number of nitrogens with one attached hydrogen (secondary N) is 2. The standard InChI is InChI=1S/C12H8N6O2S/c13-17-11-15-14-7-8(18(11)16-12(17)21)10(20)6-4-2-1-3-5(6)9(7)19/h1-4,14H,13H2,(H,16,21). The van der Waals surface area contributed by atoms with E-state index in [0.29, 0.717) is 10.8 Å². The molecule has 2 heterocycles. The molecule has 0 bridgehead atoms. The number of hydrogen-bond acceptors (Lipinski definition) is 5. The highest BCUT2D eigenvalue weighted by atomic mass is 32.1. The number of H-pyrrole nitrogens is 2. The Morgan fingerprint density at radius 2 is 1.81 bits per heavy atom. The van der Waals surface area contributed by atoms with E-state index in [1.807, 2.05) is 0 Å². The molecule has 0 fully saturated rings. The van der Waals surface area contributed by atoms with Crippen LogP contribution in [0.5, 0.6) is 0 Å². The third-order valence-corrected chi connectivity index (χ3v) is 3.72. The van der Waals surface area contributed by atoms with Crippen LogP contribution >= 0.6 is 12.2 Å². The van der Waals surface area contributed by atoms with Gasteiger partial charge in [-0.05, 0) is 12.2 Å². The quantitative estimate of drug-likeness (QED) is 0.308. The Hall–Kier alpha value is -2.94. The first-order chi connectivity index (χ1) is 10.1. The summed E-state index contributed by atoms with van der Waals surface area (Å²) in [7, 11) is 0. The third-order valence-electron chi connectivity index (χ3n) is 3.43. The second-order valence-corrected chi connectivity index (χ2v) is 4.96. The summed E-state index contributed by atoms with van der Waals surface area (Å²) in [4.78, 5) is 25.1. The molecular formula is C12H8N6O2S. The molecule has 1 aliphatic heterocycles. The molecule has 1 aromatic heterocycles. The summed E-state index contributed by atoms with van der Waals surface area (Å²) >= 11 is 5.02. The van der Waals surface area contributed by atoms with Crippen LogP contribution in [0.2, 0.25) is 0 Å². The van der Waals surface area contributed by atoms with Crippen molar-refractivity contribution >= 4 is 28.8 Å². The van der Waals surface area contributed by atoms with Gasteiger partial charge in [0.1, 0.15) is 10.7 Å². The zero-order valence-corrected chi connectivity index (χ0v) is 11.3. The van der Waals surface area contributed by atoms with E-state index in [1.165, 1.54) is 4.52 Å². The van der Waals surface area contributed by atoms with Crippen LogP contribution in [0.25, 0.3) is 16.6 Å². The molecule has 0 saturated heterocycles. The van der Waals surface area contributed by atoms with Crippen molar-refractivity contribution in [1.29, 1.82) is 0 Å². The number of aromatic amines is 2. The van der Waals surface area contributed by atoms with Gasteiger partial charge in [-0.2, -0.15) is 4.68 Å². The van der Waals surface area contributed by atoms with Gasteiger partial charge in [0.25, 0.3) is 5.78 Å². The molecule has 1 aromatic carbocycles. The van der Waals surface area contributed by atoms with E-state index in [-0.39, 0.29) is 32.1 Å². The van der Waals surface area contributed by atoms with Gasteiger partial charge < -0.3 is 5.84 Å². The normalized spacial score (nSPS) is 11.6. The van der Waals surface area contributed by atoms with Crippen molar-refractivity contribution in [3.63, 3.8) is 0 Å². The van der Waals surface area contributed by atoms with Gasteiger partial charge in [0, 0.05) is 10.8 Å². The van der Waals surface area contributed by atoms with Crippen molar-refractivity contribution in [2.24, 2.45) is 0 Å². The van der Waals surface area contributed by atoms with Crippen molar-refractivity contribution in [2.45, 2.75) is 0 Å². The molecule has 4 rings (SSSR count). The number of nitrogen functional groups attached to an aromatic ring is 1. The Balaban J connectivity index is 2.53. The molecule has 0 spiro atoms. The third kappa shape index (κ3) is 1.37. The number of hydrogen-bond donors (Lipinski definition) is 3. The molecule has 2 aromatic rings. The minimum Gasteiger partial charge on any atom is -0.334 e. The molecule has 4 N–H and O–H groups in total. The van der Waals surface area contributed by atoms with E-state index in [0.717, 1.165) is 4.68 Å². The molecule has 1 aliphatic carbocycles. The summed E-state index contributed by atoms with van der Waals surface area (Å²) in [6.45, 7) is 0. The molecule has 2 aliphatic rings. The van der Waals surface area contributed by atoms with E-state index < -0.39 is 0 Å².